The van der Waals surface area contributed by atoms with Crippen molar-refractivity contribution in [1.82, 2.24) is 0 Å². The molecule has 0 saturated carbocycles. The quantitative estimate of drug-likeness (QED) is 0.548. The summed E-state index contributed by atoms with van der Waals surface area (Å²) in [5.74, 6) is 0.582. The van der Waals surface area contributed by atoms with E-state index in [1.54, 1.807) is 23.1 Å². The first-order valence-corrected chi connectivity index (χ1v) is 7.43. The lowest BCUT2D eigenvalue weighted by Crippen LogP contribution is -1.79. The lowest BCUT2D eigenvalue weighted by Gasteiger charge is -2.02. The Labute approximate surface area is 105 Å². The molecule has 0 amide bonds. The van der Waals surface area contributed by atoms with Crippen molar-refractivity contribution in [2.24, 2.45) is 0 Å². The average Bonchev–Trinajstić information content (AvgIpc) is 2.56. The van der Waals surface area contributed by atoms with Crippen LogP contribution in [0.4, 0.5) is 0 Å². The van der Waals surface area contributed by atoms with Gasteiger partial charge in [0.15, 0.2) is 0 Å². The summed E-state index contributed by atoms with van der Waals surface area (Å²) in [5, 5.41) is 1.32. The van der Waals surface area contributed by atoms with Gasteiger partial charge < -0.3 is 0 Å². The van der Waals surface area contributed by atoms with Crippen molar-refractivity contribution in [3.63, 3.8) is 0 Å². The zero-order valence-corrected chi connectivity index (χ0v) is 11.5. The van der Waals surface area contributed by atoms with E-state index in [2.05, 4.69) is 40.4 Å². The predicted octanol–water partition coefficient (Wildman–Crippen LogP) is 5.12. The van der Waals surface area contributed by atoms with Crippen LogP contribution in [-0.2, 0) is 5.88 Å². The molecule has 0 fully saturated rings. The van der Waals surface area contributed by atoms with Crippen LogP contribution in [0, 0.1) is 0 Å². The van der Waals surface area contributed by atoms with Crippen molar-refractivity contribution >= 4 is 60.7 Å². The lowest BCUT2D eigenvalue weighted by atomic mass is 10.2. The molecule has 1 aromatic carbocycles. The van der Waals surface area contributed by atoms with E-state index < -0.39 is 0 Å². The van der Waals surface area contributed by atoms with Gasteiger partial charge in [0.2, 0.25) is 0 Å². The third-order valence-electron chi connectivity index (χ3n) is 2.00. The Hall–Kier alpha value is 0.300. The number of hydrogen-bond donors (Lipinski definition) is 0. The van der Waals surface area contributed by atoms with Crippen LogP contribution in [0.5, 0.6) is 0 Å². The van der Waals surface area contributed by atoms with E-state index in [0.29, 0.717) is 5.88 Å². The number of rotatable bonds is 2. The molecule has 0 atom stereocenters. The number of thiophene rings is 1. The van der Waals surface area contributed by atoms with Crippen LogP contribution >= 0.6 is 50.6 Å². The van der Waals surface area contributed by atoms with Crippen LogP contribution in [0.2, 0.25) is 0 Å². The molecule has 14 heavy (non-hydrogen) atoms. The summed E-state index contributed by atoms with van der Waals surface area (Å²) in [7, 11) is 0. The Kier molecular flexibility index (Phi) is 3.42. The molecular formula is C10H8BrClS2. The van der Waals surface area contributed by atoms with Crippen LogP contribution < -0.4 is 0 Å². The van der Waals surface area contributed by atoms with Gasteiger partial charge in [0, 0.05) is 20.9 Å². The van der Waals surface area contributed by atoms with E-state index in [9.17, 15) is 0 Å². The number of alkyl halides is 1. The highest BCUT2D eigenvalue weighted by Crippen LogP contribution is 2.36. The molecule has 0 unspecified atom stereocenters. The molecule has 4 heteroatoms. The normalized spacial score (nSPS) is 11.1. The van der Waals surface area contributed by atoms with E-state index >= 15 is 0 Å². The van der Waals surface area contributed by atoms with Gasteiger partial charge in [-0.05, 0) is 45.9 Å². The summed E-state index contributed by atoms with van der Waals surface area (Å²) in [6, 6.07) is 6.50. The molecule has 74 valence electrons. The number of hydrogen-bond acceptors (Lipinski definition) is 2. The number of benzene rings is 1. The highest BCUT2D eigenvalue weighted by atomic mass is 79.9. The van der Waals surface area contributed by atoms with Crippen LogP contribution in [0.1, 0.15) is 5.56 Å². The standard InChI is InChI=1S/C10H8BrClS2/c1-13-8-2-6(5-12)3-9-7(8)4-10(11)14-9/h2-4H,5H2,1H3. The van der Waals surface area contributed by atoms with E-state index in [1.807, 2.05) is 0 Å². The van der Waals surface area contributed by atoms with Crippen molar-refractivity contribution in [3.8, 4) is 0 Å². The fourth-order valence-corrected chi connectivity index (χ4v) is 3.88. The zero-order chi connectivity index (χ0) is 10.1. The molecule has 1 heterocycles. The van der Waals surface area contributed by atoms with E-state index in [4.69, 9.17) is 11.6 Å². The molecule has 2 rings (SSSR count). The highest BCUT2D eigenvalue weighted by molar-refractivity contribution is 9.11. The van der Waals surface area contributed by atoms with Crippen molar-refractivity contribution < 1.29 is 0 Å². The predicted molar refractivity (Wildman–Crippen MR) is 70.9 cm³/mol. The minimum Gasteiger partial charge on any atom is -0.129 e. The monoisotopic (exact) mass is 306 g/mol. The van der Waals surface area contributed by atoms with E-state index in [0.717, 1.165) is 0 Å². The first-order valence-electron chi connectivity index (χ1n) is 4.06. The van der Waals surface area contributed by atoms with Gasteiger partial charge in [0.05, 0.1) is 3.79 Å². The summed E-state index contributed by atoms with van der Waals surface area (Å²) in [5.41, 5.74) is 1.19. The Bertz CT molecular complexity index is 464. The highest BCUT2D eigenvalue weighted by Gasteiger charge is 2.06. The molecule has 0 saturated heterocycles. The second kappa shape index (κ2) is 4.44. The van der Waals surface area contributed by atoms with Gasteiger partial charge in [0.25, 0.3) is 0 Å². The van der Waals surface area contributed by atoms with Gasteiger partial charge in [-0.1, -0.05) is 0 Å². The van der Waals surface area contributed by atoms with Gasteiger partial charge in [-0.2, -0.15) is 0 Å². The van der Waals surface area contributed by atoms with Gasteiger partial charge >= 0.3 is 0 Å². The second-order valence-electron chi connectivity index (χ2n) is 2.89. The van der Waals surface area contributed by atoms with Gasteiger partial charge in [-0.3, -0.25) is 0 Å². The van der Waals surface area contributed by atoms with Crippen LogP contribution in [0.3, 0.4) is 0 Å². The van der Waals surface area contributed by atoms with Crippen LogP contribution in [-0.4, -0.2) is 6.26 Å². The number of thioether (sulfide) groups is 1. The molecule has 0 aliphatic carbocycles. The minimum absolute atomic E-state index is 0.582. The summed E-state index contributed by atoms with van der Waals surface area (Å²) in [4.78, 5) is 1.31. The second-order valence-corrected chi connectivity index (χ2v) is 6.47. The third kappa shape index (κ3) is 1.96. The molecule has 0 aliphatic heterocycles. The lowest BCUT2D eigenvalue weighted by molar-refractivity contribution is 1.37. The van der Waals surface area contributed by atoms with Crippen molar-refractivity contribution in [3.05, 3.63) is 27.5 Å². The first kappa shape index (κ1) is 10.8. The molecule has 0 N–H and O–H groups in total. The zero-order valence-electron chi connectivity index (χ0n) is 7.51. The summed E-state index contributed by atoms with van der Waals surface area (Å²) < 4.78 is 2.48. The molecular weight excluding hydrogens is 300 g/mol. The third-order valence-corrected chi connectivity index (χ3v) is 4.67. The Morgan fingerprint density at radius 2 is 2.21 bits per heavy atom. The molecule has 2 aromatic rings. The smallest absolute Gasteiger partial charge is 0.0711 e. The molecule has 1 aromatic heterocycles. The van der Waals surface area contributed by atoms with Crippen LogP contribution in [0.25, 0.3) is 10.1 Å². The maximum Gasteiger partial charge on any atom is 0.0711 e. The summed E-state index contributed by atoms with van der Waals surface area (Å²) in [6.45, 7) is 0. The number of fused-ring (bicyclic) bond motifs is 1. The van der Waals surface area contributed by atoms with Crippen molar-refractivity contribution in [1.29, 1.82) is 0 Å². The molecule has 0 bridgehead atoms. The Morgan fingerprint density at radius 3 is 2.86 bits per heavy atom. The van der Waals surface area contributed by atoms with Gasteiger partial charge in [0.1, 0.15) is 0 Å². The largest absolute Gasteiger partial charge is 0.129 e. The Balaban J connectivity index is 2.72. The van der Waals surface area contributed by atoms with Crippen LogP contribution in [0.15, 0.2) is 26.9 Å². The topological polar surface area (TPSA) is 0 Å². The fraction of sp³-hybridized carbons (Fsp3) is 0.200. The molecule has 0 spiro atoms. The first-order chi connectivity index (χ1) is 6.74. The van der Waals surface area contributed by atoms with Gasteiger partial charge in [-0.25, -0.2) is 0 Å². The average molecular weight is 308 g/mol. The van der Waals surface area contributed by atoms with Gasteiger partial charge in [-0.15, -0.1) is 34.7 Å². The van der Waals surface area contributed by atoms with E-state index in [1.165, 1.54) is 24.3 Å². The summed E-state index contributed by atoms with van der Waals surface area (Å²) in [6.07, 6.45) is 2.10. The van der Waals surface area contributed by atoms with Crippen molar-refractivity contribution in [2.45, 2.75) is 10.8 Å². The van der Waals surface area contributed by atoms with E-state index in [-0.39, 0.29) is 0 Å². The Morgan fingerprint density at radius 1 is 1.43 bits per heavy atom. The maximum absolute atomic E-state index is 5.85. The fourth-order valence-electron chi connectivity index (χ4n) is 1.38. The minimum atomic E-state index is 0.582. The summed E-state index contributed by atoms with van der Waals surface area (Å²) >= 11 is 12.9. The maximum atomic E-state index is 5.85. The molecule has 0 radical (unpaired) electrons. The molecule has 0 aliphatic rings. The number of halogens is 2. The molecule has 0 nitrogen and oxygen atoms in total. The van der Waals surface area contributed by atoms with Crippen molar-refractivity contribution in [2.75, 3.05) is 6.26 Å². The SMILES string of the molecule is CSc1cc(CCl)cc2sc(Br)cc12.